The van der Waals surface area contributed by atoms with Crippen LogP contribution in [0.1, 0.15) is 90.4 Å². The van der Waals surface area contributed by atoms with Gasteiger partial charge in [0.25, 0.3) is 0 Å². The molecule has 3 heteroatoms. The molecule has 0 radical (unpaired) electrons. The minimum atomic E-state index is -1.17. The quantitative estimate of drug-likeness (QED) is 0.327. The predicted octanol–water partition coefficient (Wildman–Crippen LogP) is 5.08. The molecular formula is C18H34O3. The Morgan fingerprint density at radius 2 is 1.33 bits per heavy atom. The molecule has 0 aromatic rings. The van der Waals surface area contributed by atoms with Crippen LogP contribution < -0.4 is 0 Å². The highest BCUT2D eigenvalue weighted by molar-refractivity contribution is 5.71. The molecule has 0 saturated heterocycles. The van der Waals surface area contributed by atoms with Gasteiger partial charge in [-0.3, -0.25) is 0 Å². The van der Waals surface area contributed by atoms with Crippen LogP contribution in [0.15, 0.2) is 12.2 Å². The highest BCUT2D eigenvalue weighted by atomic mass is 16.4. The molecular weight excluding hydrogens is 264 g/mol. The first-order valence-electron chi connectivity index (χ1n) is 8.74. The van der Waals surface area contributed by atoms with Crippen molar-refractivity contribution in [3.05, 3.63) is 12.2 Å². The van der Waals surface area contributed by atoms with Crippen molar-refractivity contribution in [3.63, 3.8) is 0 Å². The maximum Gasteiger partial charge on any atom is 0.332 e. The third-order valence-electron chi connectivity index (χ3n) is 3.77. The average Bonchev–Trinajstić information content (AvgIpc) is 2.47. The number of aliphatic carboxylic acids is 1. The molecule has 0 spiro atoms. The zero-order valence-corrected chi connectivity index (χ0v) is 13.7. The highest BCUT2D eigenvalue weighted by Gasteiger charge is 2.11. The molecule has 1 unspecified atom stereocenters. The van der Waals surface area contributed by atoms with E-state index in [1.54, 1.807) is 0 Å². The fourth-order valence-corrected chi connectivity index (χ4v) is 2.36. The summed E-state index contributed by atoms with van der Waals surface area (Å²) in [6.45, 7) is 2.24. The van der Waals surface area contributed by atoms with E-state index in [2.05, 4.69) is 19.1 Å². The van der Waals surface area contributed by atoms with E-state index in [9.17, 15) is 4.79 Å². The van der Waals surface area contributed by atoms with E-state index in [4.69, 9.17) is 10.2 Å². The minimum absolute atomic E-state index is 0.385. The summed E-state index contributed by atoms with van der Waals surface area (Å²) < 4.78 is 0. The molecule has 124 valence electrons. The number of hydrogen-bond donors (Lipinski definition) is 2. The van der Waals surface area contributed by atoms with Gasteiger partial charge in [-0.05, 0) is 32.1 Å². The van der Waals surface area contributed by atoms with E-state index in [-0.39, 0.29) is 0 Å². The normalized spacial score (nSPS) is 12.9. The van der Waals surface area contributed by atoms with Crippen molar-refractivity contribution in [2.75, 3.05) is 0 Å². The molecule has 0 aliphatic carbocycles. The van der Waals surface area contributed by atoms with Gasteiger partial charge in [-0.25, -0.2) is 4.79 Å². The Labute approximate surface area is 130 Å². The van der Waals surface area contributed by atoms with Crippen LogP contribution in [0.5, 0.6) is 0 Å². The number of rotatable bonds is 15. The average molecular weight is 298 g/mol. The largest absolute Gasteiger partial charge is 0.479 e. The first-order valence-corrected chi connectivity index (χ1v) is 8.74. The maximum atomic E-state index is 10.4. The van der Waals surface area contributed by atoms with Crippen LogP contribution in [0.25, 0.3) is 0 Å². The smallest absolute Gasteiger partial charge is 0.332 e. The van der Waals surface area contributed by atoms with Gasteiger partial charge in [0.05, 0.1) is 0 Å². The molecule has 0 rings (SSSR count). The van der Waals surface area contributed by atoms with E-state index in [1.807, 2.05) is 0 Å². The molecule has 0 fully saturated rings. The number of hydrogen-bond acceptors (Lipinski definition) is 2. The Morgan fingerprint density at radius 1 is 0.857 bits per heavy atom. The molecule has 3 nitrogen and oxygen atoms in total. The molecule has 0 aliphatic rings. The first-order chi connectivity index (χ1) is 10.2. The van der Waals surface area contributed by atoms with Crippen molar-refractivity contribution >= 4 is 5.97 Å². The van der Waals surface area contributed by atoms with Crippen molar-refractivity contribution in [1.29, 1.82) is 0 Å². The standard InChI is InChI=1S/C18H34O3/c1-2-3-4-5-6-7-8-9-10-11-12-13-14-15-16-17(19)18(20)21/h7-8,17,19H,2-6,9-16H2,1H3,(H,20,21)/b8-7+. The van der Waals surface area contributed by atoms with Crippen LogP contribution in [0.3, 0.4) is 0 Å². The van der Waals surface area contributed by atoms with E-state index in [0.717, 1.165) is 19.3 Å². The third-order valence-corrected chi connectivity index (χ3v) is 3.77. The van der Waals surface area contributed by atoms with Crippen molar-refractivity contribution in [2.24, 2.45) is 0 Å². The van der Waals surface area contributed by atoms with Gasteiger partial charge in [0.15, 0.2) is 6.10 Å². The van der Waals surface area contributed by atoms with E-state index < -0.39 is 12.1 Å². The van der Waals surface area contributed by atoms with Crippen molar-refractivity contribution in [1.82, 2.24) is 0 Å². The topological polar surface area (TPSA) is 57.5 Å². The summed E-state index contributed by atoms with van der Waals surface area (Å²) in [4.78, 5) is 10.4. The van der Waals surface area contributed by atoms with Gasteiger partial charge >= 0.3 is 5.97 Å². The van der Waals surface area contributed by atoms with Gasteiger partial charge in [-0.15, -0.1) is 0 Å². The van der Waals surface area contributed by atoms with Crippen molar-refractivity contribution < 1.29 is 15.0 Å². The molecule has 0 aromatic carbocycles. The van der Waals surface area contributed by atoms with Crippen LogP contribution >= 0.6 is 0 Å². The molecule has 1 atom stereocenters. The predicted molar refractivity (Wildman–Crippen MR) is 88.5 cm³/mol. The Bertz CT molecular complexity index is 261. The highest BCUT2D eigenvalue weighted by Crippen LogP contribution is 2.10. The zero-order chi connectivity index (χ0) is 15.8. The summed E-state index contributed by atoms with van der Waals surface area (Å²) in [5, 5.41) is 17.6. The van der Waals surface area contributed by atoms with Crippen molar-refractivity contribution in [3.8, 4) is 0 Å². The molecule has 0 saturated carbocycles. The van der Waals surface area contributed by atoms with Crippen LogP contribution in [0.4, 0.5) is 0 Å². The molecule has 2 N–H and O–H groups in total. The SMILES string of the molecule is CCCCCC/C=C/CCCCCCCCC(O)C(=O)O. The number of carboxylic acid groups (broad SMARTS) is 1. The summed E-state index contributed by atoms with van der Waals surface area (Å²) >= 11 is 0. The van der Waals surface area contributed by atoms with Crippen LogP contribution in [-0.2, 0) is 4.79 Å². The number of aliphatic hydroxyl groups excluding tert-OH is 1. The summed E-state index contributed by atoms with van der Waals surface area (Å²) in [5.74, 6) is -1.10. The van der Waals surface area contributed by atoms with Crippen LogP contribution in [0, 0.1) is 0 Å². The minimum Gasteiger partial charge on any atom is -0.479 e. The van der Waals surface area contributed by atoms with Crippen LogP contribution in [0.2, 0.25) is 0 Å². The molecule has 0 amide bonds. The second-order valence-corrected chi connectivity index (χ2v) is 5.87. The summed E-state index contributed by atoms with van der Waals surface area (Å²) in [7, 11) is 0. The second-order valence-electron chi connectivity index (χ2n) is 5.87. The fourth-order valence-electron chi connectivity index (χ4n) is 2.36. The monoisotopic (exact) mass is 298 g/mol. The van der Waals surface area contributed by atoms with Gasteiger partial charge in [0.2, 0.25) is 0 Å². The summed E-state index contributed by atoms with van der Waals surface area (Å²) in [6.07, 6.45) is 18.3. The van der Waals surface area contributed by atoms with Gasteiger partial charge in [0, 0.05) is 0 Å². The fraction of sp³-hybridized carbons (Fsp3) is 0.833. The Hall–Kier alpha value is -0.830. The zero-order valence-electron chi connectivity index (χ0n) is 13.7. The number of carbonyl (C=O) groups is 1. The van der Waals surface area contributed by atoms with Crippen LogP contribution in [-0.4, -0.2) is 22.3 Å². The second kappa shape index (κ2) is 15.6. The number of unbranched alkanes of at least 4 members (excludes halogenated alkanes) is 10. The molecule has 21 heavy (non-hydrogen) atoms. The Morgan fingerprint density at radius 3 is 1.86 bits per heavy atom. The van der Waals surface area contributed by atoms with Gasteiger partial charge < -0.3 is 10.2 Å². The lowest BCUT2D eigenvalue weighted by atomic mass is 10.1. The maximum absolute atomic E-state index is 10.4. The molecule has 0 aliphatic heterocycles. The summed E-state index contributed by atoms with van der Waals surface area (Å²) in [6, 6.07) is 0. The lowest BCUT2D eigenvalue weighted by molar-refractivity contribution is -0.146. The van der Waals surface area contributed by atoms with Gasteiger partial charge in [-0.1, -0.05) is 70.4 Å². The Balaban J connectivity index is 3.15. The van der Waals surface area contributed by atoms with Gasteiger partial charge in [0.1, 0.15) is 0 Å². The molecule has 0 heterocycles. The number of carboxylic acids is 1. The van der Waals surface area contributed by atoms with Crippen molar-refractivity contribution in [2.45, 2.75) is 96.5 Å². The van der Waals surface area contributed by atoms with E-state index in [0.29, 0.717) is 6.42 Å². The van der Waals surface area contributed by atoms with E-state index >= 15 is 0 Å². The molecule has 0 bridgehead atoms. The van der Waals surface area contributed by atoms with Gasteiger partial charge in [-0.2, -0.15) is 0 Å². The lowest BCUT2D eigenvalue weighted by Gasteiger charge is -2.04. The number of allylic oxidation sites excluding steroid dienone is 2. The number of aliphatic hydroxyl groups is 1. The Kier molecular flexibility index (Phi) is 14.9. The third kappa shape index (κ3) is 15.4. The molecule has 0 aromatic heterocycles. The summed E-state index contributed by atoms with van der Waals surface area (Å²) in [5.41, 5.74) is 0. The lowest BCUT2D eigenvalue weighted by Crippen LogP contribution is -2.18. The first kappa shape index (κ1) is 20.2. The van der Waals surface area contributed by atoms with E-state index in [1.165, 1.54) is 57.8 Å².